The van der Waals surface area contributed by atoms with Crippen molar-refractivity contribution in [2.24, 2.45) is 11.7 Å². The molecule has 0 bridgehead atoms. The third kappa shape index (κ3) is 4.61. The summed E-state index contributed by atoms with van der Waals surface area (Å²) in [5.41, 5.74) is 6.93. The van der Waals surface area contributed by atoms with Crippen LogP contribution in [0.1, 0.15) is 38.2 Å². The molecule has 1 saturated carbocycles. The molecule has 1 aromatic carbocycles. The van der Waals surface area contributed by atoms with Crippen molar-refractivity contribution >= 4 is 11.8 Å². The molecule has 2 aliphatic rings. The number of rotatable bonds is 4. The standard InChI is InChI=1S/C21H31N3O3/c1-21(22)9-4-3-8-18(21)20(26)24-12-10-23(11-13-24)19(25)15-16-6-5-7-17(14-16)27-2/h5-7,14,18H,3-4,8-13,15,22H2,1-2H3. The number of nitrogens with two attached hydrogens (primary N) is 1. The molecule has 0 spiro atoms. The van der Waals surface area contributed by atoms with Crippen LogP contribution in [0.25, 0.3) is 0 Å². The van der Waals surface area contributed by atoms with Crippen molar-refractivity contribution in [3.63, 3.8) is 0 Å². The van der Waals surface area contributed by atoms with Crippen molar-refractivity contribution in [3.8, 4) is 5.75 Å². The summed E-state index contributed by atoms with van der Waals surface area (Å²) >= 11 is 0. The first-order chi connectivity index (χ1) is 12.9. The maximum atomic E-state index is 12.9. The van der Waals surface area contributed by atoms with Crippen LogP contribution >= 0.6 is 0 Å². The van der Waals surface area contributed by atoms with Crippen molar-refractivity contribution < 1.29 is 14.3 Å². The fourth-order valence-electron chi connectivity index (χ4n) is 4.23. The smallest absolute Gasteiger partial charge is 0.227 e. The molecule has 1 saturated heterocycles. The van der Waals surface area contributed by atoms with Crippen LogP contribution in [0.4, 0.5) is 0 Å². The molecule has 2 fully saturated rings. The third-order valence-corrected chi connectivity index (χ3v) is 5.99. The van der Waals surface area contributed by atoms with Crippen LogP contribution in [0.5, 0.6) is 5.75 Å². The highest BCUT2D eigenvalue weighted by molar-refractivity contribution is 5.82. The van der Waals surface area contributed by atoms with Crippen molar-refractivity contribution in [2.75, 3.05) is 33.3 Å². The molecule has 2 N–H and O–H groups in total. The lowest BCUT2D eigenvalue weighted by Crippen LogP contribution is -2.57. The van der Waals surface area contributed by atoms with Gasteiger partial charge in [-0.1, -0.05) is 25.0 Å². The molecule has 2 atom stereocenters. The van der Waals surface area contributed by atoms with E-state index >= 15 is 0 Å². The number of hydrogen-bond donors (Lipinski definition) is 1. The van der Waals surface area contributed by atoms with E-state index in [-0.39, 0.29) is 17.7 Å². The topological polar surface area (TPSA) is 75.9 Å². The van der Waals surface area contributed by atoms with Crippen LogP contribution in [0.3, 0.4) is 0 Å². The molecule has 27 heavy (non-hydrogen) atoms. The van der Waals surface area contributed by atoms with Crippen LogP contribution in [0.2, 0.25) is 0 Å². The molecule has 1 aromatic rings. The summed E-state index contributed by atoms with van der Waals surface area (Å²) in [6.07, 6.45) is 4.31. The zero-order valence-corrected chi connectivity index (χ0v) is 16.4. The molecule has 6 heteroatoms. The lowest BCUT2D eigenvalue weighted by Gasteiger charge is -2.42. The predicted octanol–water partition coefficient (Wildman–Crippen LogP) is 1.82. The van der Waals surface area contributed by atoms with Crippen LogP contribution in [0, 0.1) is 5.92 Å². The third-order valence-electron chi connectivity index (χ3n) is 5.99. The van der Waals surface area contributed by atoms with Crippen LogP contribution in [-0.2, 0) is 16.0 Å². The molecule has 3 rings (SSSR count). The lowest BCUT2D eigenvalue weighted by atomic mass is 9.74. The van der Waals surface area contributed by atoms with Crippen molar-refractivity contribution in [3.05, 3.63) is 29.8 Å². The van der Waals surface area contributed by atoms with E-state index in [2.05, 4.69) is 0 Å². The Labute approximate surface area is 161 Å². The fraction of sp³-hybridized carbons (Fsp3) is 0.619. The van der Waals surface area contributed by atoms with Gasteiger partial charge in [0.15, 0.2) is 0 Å². The van der Waals surface area contributed by atoms with Crippen molar-refractivity contribution in [1.82, 2.24) is 9.80 Å². The number of hydrogen-bond acceptors (Lipinski definition) is 4. The van der Waals surface area contributed by atoms with Gasteiger partial charge in [-0.3, -0.25) is 9.59 Å². The van der Waals surface area contributed by atoms with Crippen LogP contribution in [0.15, 0.2) is 24.3 Å². The molecule has 0 radical (unpaired) electrons. The van der Waals surface area contributed by atoms with E-state index in [1.54, 1.807) is 7.11 Å². The van der Waals surface area contributed by atoms with E-state index < -0.39 is 5.54 Å². The molecule has 0 aromatic heterocycles. The number of piperazine rings is 1. The highest BCUT2D eigenvalue weighted by Crippen LogP contribution is 2.33. The van der Waals surface area contributed by atoms with Gasteiger partial charge in [0, 0.05) is 31.7 Å². The number of carbonyl (C=O) groups excluding carboxylic acids is 2. The van der Waals surface area contributed by atoms with Gasteiger partial charge in [-0.05, 0) is 37.5 Å². The SMILES string of the molecule is COc1cccc(CC(=O)N2CCN(C(=O)C3CCCCC3(C)N)CC2)c1. The first-order valence-electron chi connectivity index (χ1n) is 9.89. The Morgan fingerprint density at radius 3 is 2.56 bits per heavy atom. The van der Waals surface area contributed by atoms with Crippen molar-refractivity contribution in [1.29, 1.82) is 0 Å². The Kier molecular flexibility index (Phi) is 6.05. The Balaban J connectivity index is 1.53. The lowest BCUT2D eigenvalue weighted by molar-refractivity contribution is -0.144. The van der Waals surface area contributed by atoms with Crippen LogP contribution < -0.4 is 10.5 Å². The van der Waals surface area contributed by atoms with Gasteiger partial charge in [0.05, 0.1) is 19.4 Å². The van der Waals surface area contributed by atoms with Gasteiger partial charge in [-0.25, -0.2) is 0 Å². The number of ether oxygens (including phenoxy) is 1. The molecular weight excluding hydrogens is 342 g/mol. The molecule has 1 heterocycles. The van der Waals surface area contributed by atoms with E-state index in [9.17, 15) is 9.59 Å². The average Bonchev–Trinajstić information content (AvgIpc) is 2.67. The summed E-state index contributed by atoms with van der Waals surface area (Å²) in [7, 11) is 1.62. The Bertz CT molecular complexity index is 681. The monoisotopic (exact) mass is 373 g/mol. The minimum Gasteiger partial charge on any atom is -0.497 e. The second-order valence-electron chi connectivity index (χ2n) is 8.04. The summed E-state index contributed by atoms with van der Waals surface area (Å²) in [6.45, 7) is 4.36. The van der Waals surface area contributed by atoms with E-state index in [1.165, 1.54) is 0 Å². The average molecular weight is 373 g/mol. The largest absolute Gasteiger partial charge is 0.497 e. The van der Waals surface area contributed by atoms with Gasteiger partial charge in [-0.2, -0.15) is 0 Å². The van der Waals surface area contributed by atoms with E-state index in [1.807, 2.05) is 41.0 Å². The van der Waals surface area contributed by atoms with Gasteiger partial charge in [0.25, 0.3) is 0 Å². The van der Waals surface area contributed by atoms with Gasteiger partial charge in [0.1, 0.15) is 5.75 Å². The molecule has 6 nitrogen and oxygen atoms in total. The Morgan fingerprint density at radius 1 is 1.19 bits per heavy atom. The Morgan fingerprint density at radius 2 is 1.89 bits per heavy atom. The van der Waals surface area contributed by atoms with Gasteiger partial charge >= 0.3 is 0 Å². The highest BCUT2D eigenvalue weighted by Gasteiger charge is 2.40. The van der Waals surface area contributed by atoms with Gasteiger partial charge in [0.2, 0.25) is 11.8 Å². The molecule has 2 amide bonds. The van der Waals surface area contributed by atoms with Crippen molar-refractivity contribution in [2.45, 2.75) is 44.6 Å². The van der Waals surface area contributed by atoms with Crippen LogP contribution in [-0.4, -0.2) is 60.4 Å². The van der Waals surface area contributed by atoms with E-state index in [0.29, 0.717) is 32.6 Å². The summed E-state index contributed by atoms with van der Waals surface area (Å²) < 4.78 is 5.22. The van der Waals surface area contributed by atoms with Gasteiger partial charge in [-0.15, -0.1) is 0 Å². The molecule has 2 unspecified atom stereocenters. The normalized spacial score (nSPS) is 26.0. The second kappa shape index (κ2) is 8.30. The maximum Gasteiger partial charge on any atom is 0.227 e. The molecular formula is C21H31N3O3. The number of carbonyl (C=O) groups is 2. The van der Waals surface area contributed by atoms with Gasteiger partial charge < -0.3 is 20.3 Å². The quantitative estimate of drug-likeness (QED) is 0.873. The zero-order valence-electron chi connectivity index (χ0n) is 16.4. The number of benzene rings is 1. The summed E-state index contributed by atoms with van der Waals surface area (Å²) in [5.74, 6) is 0.926. The zero-order chi connectivity index (χ0) is 19.4. The predicted molar refractivity (Wildman–Crippen MR) is 104 cm³/mol. The summed E-state index contributed by atoms with van der Waals surface area (Å²) in [4.78, 5) is 29.3. The Hall–Kier alpha value is -2.08. The number of amides is 2. The minimum atomic E-state index is -0.408. The number of nitrogens with zero attached hydrogens (tertiary/aromatic N) is 2. The first-order valence-corrected chi connectivity index (χ1v) is 9.89. The second-order valence-corrected chi connectivity index (χ2v) is 8.04. The summed E-state index contributed by atoms with van der Waals surface area (Å²) in [5, 5.41) is 0. The highest BCUT2D eigenvalue weighted by atomic mass is 16.5. The first kappa shape index (κ1) is 19.7. The fourth-order valence-corrected chi connectivity index (χ4v) is 4.23. The van der Waals surface area contributed by atoms with E-state index in [4.69, 9.17) is 10.5 Å². The molecule has 1 aliphatic carbocycles. The van der Waals surface area contributed by atoms with E-state index in [0.717, 1.165) is 37.0 Å². The maximum absolute atomic E-state index is 12.9. The molecule has 1 aliphatic heterocycles. The minimum absolute atomic E-state index is 0.0923. The number of methoxy groups -OCH3 is 1. The summed E-state index contributed by atoms with van der Waals surface area (Å²) in [6, 6.07) is 7.59. The molecule has 148 valence electrons.